The summed E-state index contributed by atoms with van der Waals surface area (Å²) in [6.45, 7) is 14.5. The summed E-state index contributed by atoms with van der Waals surface area (Å²) in [5, 5.41) is 0. The zero-order valence-corrected chi connectivity index (χ0v) is 13.4. The average molecular weight is 242 g/mol. The molecule has 16 heavy (non-hydrogen) atoms. The van der Waals surface area contributed by atoms with Crippen LogP contribution in [-0.4, -0.2) is 6.66 Å². The van der Waals surface area contributed by atoms with Gasteiger partial charge in [-0.15, -0.1) is 9.24 Å². The van der Waals surface area contributed by atoms with Crippen LogP contribution in [-0.2, 0) is 0 Å². The van der Waals surface area contributed by atoms with Gasteiger partial charge in [0.2, 0.25) is 0 Å². The van der Waals surface area contributed by atoms with Crippen LogP contribution < -0.4 is 0 Å². The highest BCUT2D eigenvalue weighted by Gasteiger charge is 1.96. The monoisotopic (exact) mass is 242 g/mol. The van der Waals surface area contributed by atoms with E-state index in [0.717, 1.165) is 6.42 Å². The highest BCUT2D eigenvalue weighted by atomic mass is 31.0. The van der Waals surface area contributed by atoms with Crippen LogP contribution in [0.4, 0.5) is 0 Å². The summed E-state index contributed by atoms with van der Waals surface area (Å²) in [5.41, 5.74) is 1.41. The van der Waals surface area contributed by atoms with Crippen LogP contribution >= 0.6 is 9.24 Å². The Bertz CT molecular complexity index is 188. The maximum absolute atomic E-state index is 2.42. The summed E-state index contributed by atoms with van der Waals surface area (Å²) < 4.78 is 0. The van der Waals surface area contributed by atoms with Crippen LogP contribution in [0.1, 0.15) is 48.0 Å². The fraction of sp³-hybridized carbons (Fsp3) is 0.600. The first-order chi connectivity index (χ1) is 7.72. The molecule has 0 aliphatic carbocycles. The summed E-state index contributed by atoms with van der Waals surface area (Å²) in [6, 6.07) is 0. The Morgan fingerprint density at radius 3 is 2.12 bits per heavy atom. The van der Waals surface area contributed by atoms with E-state index in [1.54, 1.807) is 0 Å². The zero-order valence-electron chi connectivity index (χ0n) is 12.2. The van der Waals surface area contributed by atoms with E-state index in [1.807, 2.05) is 27.4 Å². The van der Waals surface area contributed by atoms with Crippen molar-refractivity contribution in [2.45, 2.75) is 48.0 Å². The first-order valence-corrected chi connectivity index (χ1v) is 7.41. The molecule has 0 amide bonds. The lowest BCUT2D eigenvalue weighted by molar-refractivity contribution is 0.856. The van der Waals surface area contributed by atoms with E-state index in [9.17, 15) is 0 Å². The molecule has 0 aliphatic rings. The maximum atomic E-state index is 2.42. The summed E-state index contributed by atoms with van der Waals surface area (Å²) in [5.74, 6) is 0.571. The minimum atomic E-state index is 0.571. The second kappa shape index (κ2) is 20.1. The minimum absolute atomic E-state index is 0.571. The van der Waals surface area contributed by atoms with Crippen LogP contribution in [0.2, 0.25) is 0 Å². The molecule has 0 aromatic heterocycles. The predicted octanol–water partition coefficient (Wildman–Crippen LogP) is 5.63. The van der Waals surface area contributed by atoms with Gasteiger partial charge in [-0.25, -0.2) is 0 Å². The van der Waals surface area contributed by atoms with Gasteiger partial charge in [0.15, 0.2) is 0 Å². The first-order valence-electron chi connectivity index (χ1n) is 6.26. The Balaban J connectivity index is -0.000000376. The molecule has 2 unspecified atom stereocenters. The third-order valence-electron chi connectivity index (χ3n) is 1.93. The number of rotatable bonds is 4. The third-order valence-corrected chi connectivity index (χ3v) is 1.93. The van der Waals surface area contributed by atoms with Crippen molar-refractivity contribution >= 4 is 9.24 Å². The smallest absolute Gasteiger partial charge is 0.00513 e. The Morgan fingerprint density at radius 1 is 1.25 bits per heavy atom. The van der Waals surface area contributed by atoms with Gasteiger partial charge in [0, 0.05) is 0 Å². The van der Waals surface area contributed by atoms with Gasteiger partial charge >= 0.3 is 0 Å². The van der Waals surface area contributed by atoms with Gasteiger partial charge < -0.3 is 0 Å². The summed E-state index contributed by atoms with van der Waals surface area (Å²) >= 11 is 0. The molecule has 96 valence electrons. The van der Waals surface area contributed by atoms with Gasteiger partial charge in [-0.2, -0.15) is 0 Å². The van der Waals surface area contributed by atoms with Crippen molar-refractivity contribution in [2.24, 2.45) is 5.92 Å². The molecule has 0 saturated heterocycles. The zero-order chi connectivity index (χ0) is 13.4. The molecular formula is C15H31P. The van der Waals surface area contributed by atoms with Crippen LogP contribution in [0.5, 0.6) is 0 Å². The lowest BCUT2D eigenvalue weighted by atomic mass is 10.0. The topological polar surface area (TPSA) is 0 Å². The molecule has 0 aromatic carbocycles. The van der Waals surface area contributed by atoms with Crippen LogP contribution in [0.15, 0.2) is 36.0 Å². The maximum Gasteiger partial charge on any atom is -0.00513 e. The molecular weight excluding hydrogens is 211 g/mol. The van der Waals surface area contributed by atoms with Gasteiger partial charge in [-0.05, 0) is 26.2 Å². The fourth-order valence-electron chi connectivity index (χ4n) is 0.892. The average Bonchev–Trinajstić information content (AvgIpc) is 2.37. The van der Waals surface area contributed by atoms with Gasteiger partial charge in [0.25, 0.3) is 0 Å². The van der Waals surface area contributed by atoms with E-state index in [4.69, 9.17) is 0 Å². The molecule has 0 fully saturated rings. The molecule has 0 nitrogen and oxygen atoms in total. The highest BCUT2D eigenvalue weighted by molar-refractivity contribution is 7.15. The van der Waals surface area contributed by atoms with Crippen molar-refractivity contribution in [1.82, 2.24) is 0 Å². The summed E-state index contributed by atoms with van der Waals surface area (Å²) in [4.78, 5) is 0. The Kier molecular flexibility index (Phi) is 26.4. The van der Waals surface area contributed by atoms with E-state index in [0.29, 0.717) is 5.92 Å². The van der Waals surface area contributed by atoms with Crippen molar-refractivity contribution in [1.29, 1.82) is 0 Å². The Labute approximate surface area is 106 Å². The quantitative estimate of drug-likeness (QED) is 0.340. The van der Waals surface area contributed by atoms with Gasteiger partial charge in [-0.1, -0.05) is 70.3 Å². The van der Waals surface area contributed by atoms with Crippen molar-refractivity contribution in [3.63, 3.8) is 0 Å². The first kappa shape index (κ1) is 21.0. The molecule has 0 aromatic rings. The van der Waals surface area contributed by atoms with Crippen molar-refractivity contribution in [3.8, 4) is 0 Å². The van der Waals surface area contributed by atoms with Crippen LogP contribution in [0.3, 0.4) is 0 Å². The van der Waals surface area contributed by atoms with Crippen molar-refractivity contribution < 1.29 is 0 Å². The molecule has 0 rings (SSSR count). The molecule has 0 N–H and O–H groups in total. The fourth-order valence-corrected chi connectivity index (χ4v) is 0.892. The molecule has 0 saturated carbocycles. The normalized spacial score (nSPS) is 12.9. The second-order valence-corrected chi connectivity index (χ2v) is 3.06. The summed E-state index contributed by atoms with van der Waals surface area (Å²) in [7, 11) is 2.42. The van der Waals surface area contributed by atoms with Crippen molar-refractivity contribution in [2.75, 3.05) is 6.66 Å². The van der Waals surface area contributed by atoms with Crippen LogP contribution in [0, 0.1) is 5.92 Å². The second-order valence-electron chi connectivity index (χ2n) is 3.06. The molecule has 1 heteroatoms. The molecule has 0 aliphatic heterocycles. The summed E-state index contributed by atoms with van der Waals surface area (Å²) in [6.07, 6.45) is 11.9. The van der Waals surface area contributed by atoms with E-state index >= 15 is 0 Å². The predicted molar refractivity (Wildman–Crippen MR) is 84.1 cm³/mol. The SMILES string of the molecule is C/C=C\C=C(/C)C(C)/C=C\CC.CC.CP. The van der Waals surface area contributed by atoms with E-state index in [1.165, 1.54) is 5.57 Å². The molecule has 0 heterocycles. The Morgan fingerprint density at radius 2 is 1.75 bits per heavy atom. The molecule has 0 radical (unpaired) electrons. The van der Waals surface area contributed by atoms with Gasteiger partial charge in [0.05, 0.1) is 0 Å². The Hall–Kier alpha value is -0.350. The largest absolute Gasteiger partial charge is 0.141 e. The lowest BCUT2D eigenvalue weighted by Crippen LogP contribution is -1.90. The van der Waals surface area contributed by atoms with Gasteiger partial charge in [0.1, 0.15) is 0 Å². The van der Waals surface area contributed by atoms with E-state index in [2.05, 4.69) is 60.4 Å². The van der Waals surface area contributed by atoms with Crippen molar-refractivity contribution in [3.05, 3.63) is 36.0 Å². The van der Waals surface area contributed by atoms with Gasteiger partial charge in [-0.3, -0.25) is 0 Å². The third kappa shape index (κ3) is 16.1. The molecule has 2 atom stereocenters. The van der Waals surface area contributed by atoms with Crippen LogP contribution in [0.25, 0.3) is 0 Å². The number of hydrogen-bond donors (Lipinski definition) is 0. The number of allylic oxidation sites excluding steroid dienone is 6. The lowest BCUT2D eigenvalue weighted by Gasteiger charge is -2.04. The number of hydrogen-bond acceptors (Lipinski definition) is 0. The molecule has 0 spiro atoms. The minimum Gasteiger partial charge on any atom is -0.141 e. The van der Waals surface area contributed by atoms with E-state index in [-0.39, 0.29) is 0 Å². The molecule has 0 bridgehead atoms. The van der Waals surface area contributed by atoms with E-state index < -0.39 is 0 Å². The standard InChI is InChI=1S/C12H20.C2H6.CH5P/c1-5-7-9-11(3)12(4)10-8-6-2;2*1-2/h5,7-10,12H,6H2,1-4H3;1-2H3;2H2,1H3/b7-5-,10-8-,11-9+;;. The highest BCUT2D eigenvalue weighted by Crippen LogP contribution is 2.11.